The Morgan fingerprint density at radius 1 is 1.13 bits per heavy atom. The molecule has 0 aliphatic carbocycles. The molecule has 0 unspecified atom stereocenters. The van der Waals surface area contributed by atoms with Gasteiger partial charge >= 0.3 is 0 Å². The molecule has 1 fully saturated rings. The minimum absolute atomic E-state index is 0.00947. The number of rotatable bonds is 6. The van der Waals surface area contributed by atoms with Gasteiger partial charge in [-0.15, -0.1) is 11.3 Å². The lowest BCUT2D eigenvalue weighted by molar-refractivity contribution is 0.0241. The summed E-state index contributed by atoms with van der Waals surface area (Å²) in [5.74, 6) is -0.0897. The van der Waals surface area contributed by atoms with Crippen LogP contribution in [0.15, 0.2) is 60.7 Å². The largest absolute Gasteiger partial charge is 0.379 e. The average molecular weight is 441 g/mol. The van der Waals surface area contributed by atoms with Gasteiger partial charge in [-0.2, -0.15) is 0 Å². The molecule has 1 aromatic heterocycles. The van der Waals surface area contributed by atoms with Gasteiger partial charge in [-0.3, -0.25) is 9.69 Å². The molecule has 4 rings (SSSR count). The summed E-state index contributed by atoms with van der Waals surface area (Å²) in [5.41, 5.74) is 2.89. The second-order valence-corrected chi connectivity index (χ2v) is 8.85. The zero-order valence-corrected chi connectivity index (χ0v) is 18.5. The molecule has 1 amide bonds. The molecule has 0 saturated carbocycles. The first-order chi connectivity index (χ1) is 14.7. The van der Waals surface area contributed by atoms with Crippen molar-refractivity contribution in [1.29, 1.82) is 0 Å². The van der Waals surface area contributed by atoms with Crippen LogP contribution in [0.5, 0.6) is 0 Å². The predicted molar refractivity (Wildman–Crippen MR) is 124 cm³/mol. The first-order valence-electron chi connectivity index (χ1n) is 10.2. The van der Waals surface area contributed by atoms with Crippen LogP contribution < -0.4 is 5.32 Å². The molecule has 156 valence electrons. The molecule has 1 saturated heterocycles. The minimum atomic E-state index is -0.0897. The van der Waals surface area contributed by atoms with E-state index in [2.05, 4.69) is 29.3 Å². The number of nitrogens with zero attached hydrogens (tertiary/aromatic N) is 1. The topological polar surface area (TPSA) is 41.6 Å². The third-order valence-electron chi connectivity index (χ3n) is 5.29. The number of benzene rings is 2. The van der Waals surface area contributed by atoms with Crippen LogP contribution in [0.2, 0.25) is 5.02 Å². The van der Waals surface area contributed by atoms with Crippen LogP contribution in [-0.4, -0.2) is 37.1 Å². The lowest BCUT2D eigenvalue weighted by Crippen LogP contribution is -2.39. The Hall–Kier alpha value is -2.18. The Kier molecular flexibility index (Phi) is 6.85. The second kappa shape index (κ2) is 9.75. The van der Waals surface area contributed by atoms with Crippen molar-refractivity contribution in [1.82, 2.24) is 4.90 Å². The summed E-state index contributed by atoms with van der Waals surface area (Å²) in [6.07, 6.45) is 0.921. The Morgan fingerprint density at radius 2 is 1.90 bits per heavy atom. The molecule has 4 nitrogen and oxygen atoms in total. The zero-order chi connectivity index (χ0) is 20.9. The molecule has 0 bridgehead atoms. The molecule has 0 radical (unpaired) electrons. The fourth-order valence-corrected chi connectivity index (χ4v) is 5.02. The highest BCUT2D eigenvalue weighted by Gasteiger charge is 2.28. The van der Waals surface area contributed by atoms with Gasteiger partial charge in [0.25, 0.3) is 5.91 Å². The van der Waals surface area contributed by atoms with Gasteiger partial charge in [0.15, 0.2) is 0 Å². The normalized spacial score (nSPS) is 15.7. The van der Waals surface area contributed by atoms with Crippen molar-refractivity contribution in [3.8, 4) is 0 Å². The quantitative estimate of drug-likeness (QED) is 0.539. The van der Waals surface area contributed by atoms with Crippen molar-refractivity contribution in [2.75, 3.05) is 31.6 Å². The molecule has 1 N–H and O–H groups in total. The number of anilines is 1. The van der Waals surface area contributed by atoms with Crippen LogP contribution in [0.25, 0.3) is 0 Å². The number of carbonyl (C=O) groups excluding carboxylic acids is 1. The lowest BCUT2D eigenvalue weighted by atomic mass is 9.97. The van der Waals surface area contributed by atoms with Crippen molar-refractivity contribution in [3.05, 3.63) is 87.3 Å². The summed E-state index contributed by atoms with van der Waals surface area (Å²) < 4.78 is 5.59. The number of aryl methyl sites for hydroxylation is 1. The third kappa shape index (κ3) is 4.76. The van der Waals surface area contributed by atoms with Crippen LogP contribution in [0.4, 0.5) is 5.00 Å². The van der Waals surface area contributed by atoms with E-state index in [1.165, 1.54) is 4.88 Å². The number of morpholine rings is 1. The Labute approximate surface area is 186 Å². The number of hydrogen-bond donors (Lipinski definition) is 1. The Bertz CT molecular complexity index is 999. The summed E-state index contributed by atoms with van der Waals surface area (Å²) in [6, 6.07) is 19.6. The van der Waals surface area contributed by atoms with E-state index in [4.69, 9.17) is 16.3 Å². The lowest BCUT2D eigenvalue weighted by Gasteiger charge is -2.35. The zero-order valence-electron chi connectivity index (χ0n) is 16.9. The molecule has 30 heavy (non-hydrogen) atoms. The van der Waals surface area contributed by atoms with Crippen LogP contribution in [0.3, 0.4) is 0 Å². The van der Waals surface area contributed by atoms with E-state index in [0.29, 0.717) is 23.8 Å². The van der Waals surface area contributed by atoms with Crippen molar-refractivity contribution in [2.45, 2.75) is 19.4 Å². The molecule has 1 aliphatic rings. The van der Waals surface area contributed by atoms with Gasteiger partial charge in [0.05, 0.1) is 19.3 Å². The monoisotopic (exact) mass is 440 g/mol. The molecular formula is C24H25ClN2O2S. The number of carbonyl (C=O) groups is 1. The standard InChI is InChI=1S/C24H25ClN2O2S/c1-2-20-16-21(24(30-20)26-23(28)17-7-4-3-5-8-17)22(27-11-13-29-14-12-27)18-9-6-10-19(25)15-18/h3-10,15-16,22H,2,11-14H2,1H3,(H,26,28)/t22-/m1/s1. The first-order valence-corrected chi connectivity index (χ1v) is 11.4. The second-order valence-electron chi connectivity index (χ2n) is 7.28. The van der Waals surface area contributed by atoms with E-state index in [1.54, 1.807) is 11.3 Å². The highest BCUT2D eigenvalue weighted by atomic mass is 35.5. The van der Waals surface area contributed by atoms with Gasteiger partial charge < -0.3 is 10.1 Å². The van der Waals surface area contributed by atoms with Crippen LogP contribution in [0, 0.1) is 0 Å². The molecular weight excluding hydrogens is 416 g/mol. The van der Waals surface area contributed by atoms with E-state index in [1.807, 2.05) is 48.5 Å². The highest BCUT2D eigenvalue weighted by molar-refractivity contribution is 7.16. The number of ether oxygens (including phenoxy) is 1. The third-order valence-corrected chi connectivity index (χ3v) is 6.74. The summed E-state index contributed by atoms with van der Waals surface area (Å²) >= 11 is 7.99. The molecule has 2 heterocycles. The number of thiophene rings is 1. The van der Waals surface area contributed by atoms with E-state index in [9.17, 15) is 4.79 Å². The average Bonchev–Trinajstić information content (AvgIpc) is 3.18. The summed E-state index contributed by atoms with van der Waals surface area (Å²) in [5, 5.41) is 4.79. The summed E-state index contributed by atoms with van der Waals surface area (Å²) in [7, 11) is 0. The van der Waals surface area contributed by atoms with Crippen LogP contribution >= 0.6 is 22.9 Å². The first kappa shape index (κ1) is 21.1. The van der Waals surface area contributed by atoms with Crippen molar-refractivity contribution in [2.24, 2.45) is 0 Å². The van der Waals surface area contributed by atoms with Crippen LogP contribution in [0.1, 0.15) is 39.3 Å². The summed E-state index contributed by atoms with van der Waals surface area (Å²) in [6.45, 7) is 5.21. The van der Waals surface area contributed by atoms with E-state index < -0.39 is 0 Å². The van der Waals surface area contributed by atoms with E-state index >= 15 is 0 Å². The Balaban J connectivity index is 1.74. The van der Waals surface area contributed by atoms with Gasteiger partial charge in [-0.25, -0.2) is 0 Å². The van der Waals surface area contributed by atoms with E-state index in [0.717, 1.165) is 35.6 Å². The Morgan fingerprint density at radius 3 is 2.60 bits per heavy atom. The van der Waals surface area contributed by atoms with Gasteiger partial charge in [0, 0.05) is 34.1 Å². The van der Waals surface area contributed by atoms with Gasteiger partial charge in [0.2, 0.25) is 0 Å². The number of halogens is 1. The predicted octanol–water partition coefficient (Wildman–Crippen LogP) is 5.64. The number of nitrogens with one attached hydrogen (secondary N) is 1. The van der Waals surface area contributed by atoms with Crippen molar-refractivity contribution < 1.29 is 9.53 Å². The highest BCUT2D eigenvalue weighted by Crippen LogP contribution is 2.40. The molecule has 3 aromatic rings. The fraction of sp³-hybridized carbons (Fsp3) is 0.292. The fourth-order valence-electron chi connectivity index (χ4n) is 3.80. The molecule has 1 atom stereocenters. The van der Waals surface area contributed by atoms with Gasteiger partial charge in [-0.1, -0.05) is 48.9 Å². The maximum Gasteiger partial charge on any atom is 0.256 e. The molecule has 1 aliphatic heterocycles. The smallest absolute Gasteiger partial charge is 0.256 e. The maximum absolute atomic E-state index is 12.9. The number of hydrogen-bond acceptors (Lipinski definition) is 4. The molecule has 2 aromatic carbocycles. The number of amides is 1. The molecule has 0 spiro atoms. The van der Waals surface area contributed by atoms with Crippen LogP contribution in [-0.2, 0) is 11.2 Å². The molecule has 6 heteroatoms. The minimum Gasteiger partial charge on any atom is -0.379 e. The van der Waals surface area contributed by atoms with Gasteiger partial charge in [-0.05, 0) is 42.3 Å². The van der Waals surface area contributed by atoms with Gasteiger partial charge in [0.1, 0.15) is 5.00 Å². The van der Waals surface area contributed by atoms with Crippen molar-refractivity contribution in [3.63, 3.8) is 0 Å². The van der Waals surface area contributed by atoms with E-state index in [-0.39, 0.29) is 11.9 Å². The maximum atomic E-state index is 12.9. The summed E-state index contributed by atoms with van der Waals surface area (Å²) in [4.78, 5) is 16.5. The SMILES string of the molecule is CCc1cc([C@@H](c2cccc(Cl)c2)N2CCOCC2)c(NC(=O)c2ccccc2)s1. The van der Waals surface area contributed by atoms with Crippen molar-refractivity contribution >= 4 is 33.8 Å².